The van der Waals surface area contributed by atoms with Gasteiger partial charge in [0.1, 0.15) is 0 Å². The number of nitrogens with zero attached hydrogens (tertiary/aromatic N) is 1. The Morgan fingerprint density at radius 3 is 2.47 bits per heavy atom. The first kappa shape index (κ1) is 12.8. The summed E-state index contributed by atoms with van der Waals surface area (Å²) in [5, 5.41) is 20.2. The van der Waals surface area contributed by atoms with E-state index in [-0.39, 0.29) is 16.8 Å². The maximum atomic E-state index is 11.2. The van der Waals surface area contributed by atoms with Gasteiger partial charge in [0.05, 0.1) is 16.1 Å². The average molecular weight is 257 g/mol. The number of carboxylic acid groups (broad SMARTS) is 1. The number of benzene rings is 2. The number of carboxylic acids is 1. The van der Waals surface area contributed by atoms with Crippen LogP contribution in [0, 0.1) is 17.0 Å². The molecule has 96 valence electrons. The first-order valence-corrected chi connectivity index (χ1v) is 5.58. The Balaban J connectivity index is 2.79. The lowest BCUT2D eigenvalue weighted by molar-refractivity contribution is -0.384. The lowest BCUT2D eigenvalue weighted by Gasteiger charge is -2.07. The molecule has 1 N–H and O–H groups in total. The van der Waals surface area contributed by atoms with Crippen LogP contribution in [0.15, 0.2) is 42.5 Å². The third kappa shape index (κ3) is 2.44. The number of carbonyl (C=O) groups is 1. The fraction of sp³-hybridized carbons (Fsp3) is 0.0714. The molecule has 0 aliphatic heterocycles. The van der Waals surface area contributed by atoms with E-state index in [0.29, 0.717) is 5.56 Å². The Bertz CT molecular complexity index is 632. The van der Waals surface area contributed by atoms with Gasteiger partial charge in [0.25, 0.3) is 5.69 Å². The SMILES string of the molecule is Cc1cccc(-c2c(C(=O)O)cccc2[N+](=O)[O-])c1. The van der Waals surface area contributed by atoms with Crippen molar-refractivity contribution in [2.24, 2.45) is 0 Å². The molecule has 0 fully saturated rings. The summed E-state index contributed by atoms with van der Waals surface area (Å²) in [6.07, 6.45) is 0. The number of aromatic carboxylic acids is 1. The number of hydrogen-bond donors (Lipinski definition) is 1. The van der Waals surface area contributed by atoms with Gasteiger partial charge < -0.3 is 5.11 Å². The van der Waals surface area contributed by atoms with E-state index in [1.54, 1.807) is 18.2 Å². The molecule has 0 bridgehead atoms. The van der Waals surface area contributed by atoms with Crippen LogP contribution in [0.2, 0.25) is 0 Å². The van der Waals surface area contributed by atoms with E-state index < -0.39 is 10.9 Å². The molecule has 19 heavy (non-hydrogen) atoms. The van der Waals surface area contributed by atoms with Gasteiger partial charge in [0.15, 0.2) is 0 Å². The van der Waals surface area contributed by atoms with E-state index >= 15 is 0 Å². The monoisotopic (exact) mass is 257 g/mol. The molecule has 2 aromatic carbocycles. The third-order valence-electron chi connectivity index (χ3n) is 2.78. The first-order chi connectivity index (χ1) is 9.00. The van der Waals surface area contributed by atoms with Crippen LogP contribution >= 0.6 is 0 Å². The molecular weight excluding hydrogens is 246 g/mol. The molecule has 0 amide bonds. The quantitative estimate of drug-likeness (QED) is 0.675. The van der Waals surface area contributed by atoms with Crippen molar-refractivity contribution in [1.29, 1.82) is 0 Å². The molecule has 0 aliphatic carbocycles. The van der Waals surface area contributed by atoms with Crippen LogP contribution < -0.4 is 0 Å². The minimum atomic E-state index is -1.18. The number of nitro benzene ring substituents is 1. The third-order valence-corrected chi connectivity index (χ3v) is 2.78. The molecule has 0 spiro atoms. The predicted octanol–water partition coefficient (Wildman–Crippen LogP) is 3.27. The van der Waals surface area contributed by atoms with Crippen LogP contribution in [0.1, 0.15) is 15.9 Å². The molecule has 5 heteroatoms. The predicted molar refractivity (Wildman–Crippen MR) is 70.2 cm³/mol. The Kier molecular flexibility index (Phi) is 3.29. The van der Waals surface area contributed by atoms with E-state index in [9.17, 15) is 20.0 Å². The zero-order valence-corrected chi connectivity index (χ0v) is 10.2. The summed E-state index contributed by atoms with van der Waals surface area (Å²) in [6, 6.07) is 11.0. The van der Waals surface area contributed by atoms with Crippen molar-refractivity contribution in [1.82, 2.24) is 0 Å². The largest absolute Gasteiger partial charge is 0.478 e. The lowest BCUT2D eigenvalue weighted by Crippen LogP contribution is -2.03. The summed E-state index contributed by atoms with van der Waals surface area (Å²) in [5.41, 5.74) is 1.31. The molecular formula is C14H11NO4. The van der Waals surface area contributed by atoms with Crippen LogP contribution in [0.5, 0.6) is 0 Å². The first-order valence-electron chi connectivity index (χ1n) is 5.58. The summed E-state index contributed by atoms with van der Waals surface area (Å²) < 4.78 is 0. The van der Waals surface area contributed by atoms with Crippen molar-refractivity contribution in [3.63, 3.8) is 0 Å². The Morgan fingerprint density at radius 2 is 1.89 bits per heavy atom. The van der Waals surface area contributed by atoms with Crippen molar-refractivity contribution in [2.45, 2.75) is 6.92 Å². The van der Waals surface area contributed by atoms with Gasteiger partial charge >= 0.3 is 5.97 Å². The average Bonchev–Trinajstić information content (AvgIpc) is 2.37. The number of hydrogen-bond acceptors (Lipinski definition) is 3. The van der Waals surface area contributed by atoms with E-state index in [0.717, 1.165) is 5.56 Å². The van der Waals surface area contributed by atoms with Gasteiger partial charge in [-0.05, 0) is 18.6 Å². The zero-order chi connectivity index (χ0) is 14.0. The van der Waals surface area contributed by atoms with E-state index in [1.165, 1.54) is 18.2 Å². The number of aryl methyl sites for hydroxylation is 1. The molecule has 2 rings (SSSR count). The van der Waals surface area contributed by atoms with Crippen LogP contribution in [-0.4, -0.2) is 16.0 Å². The summed E-state index contributed by atoms with van der Waals surface area (Å²) in [7, 11) is 0. The molecule has 0 radical (unpaired) electrons. The van der Waals surface area contributed by atoms with Crippen LogP contribution in [-0.2, 0) is 0 Å². The summed E-state index contributed by atoms with van der Waals surface area (Å²) in [6.45, 7) is 1.85. The Labute approximate surface area is 109 Å². The molecule has 0 unspecified atom stereocenters. The smallest absolute Gasteiger partial charge is 0.336 e. The minimum Gasteiger partial charge on any atom is -0.478 e. The second-order valence-corrected chi connectivity index (χ2v) is 4.13. The highest BCUT2D eigenvalue weighted by atomic mass is 16.6. The second kappa shape index (κ2) is 4.89. The standard InChI is InChI=1S/C14H11NO4/c1-9-4-2-5-10(8-9)13-11(14(16)17)6-3-7-12(13)15(18)19/h2-8H,1H3,(H,16,17). The van der Waals surface area contributed by atoms with E-state index in [1.807, 2.05) is 13.0 Å². The second-order valence-electron chi connectivity index (χ2n) is 4.13. The normalized spacial score (nSPS) is 10.2. The molecule has 5 nitrogen and oxygen atoms in total. The molecule has 2 aromatic rings. The van der Waals surface area contributed by atoms with E-state index in [4.69, 9.17) is 0 Å². The van der Waals surface area contributed by atoms with Gasteiger partial charge in [-0.3, -0.25) is 10.1 Å². The topological polar surface area (TPSA) is 80.4 Å². The minimum absolute atomic E-state index is 0.0696. The van der Waals surface area contributed by atoms with Crippen molar-refractivity contribution >= 4 is 11.7 Å². The molecule has 0 aromatic heterocycles. The lowest BCUT2D eigenvalue weighted by atomic mass is 9.96. The van der Waals surface area contributed by atoms with Crippen molar-refractivity contribution in [2.75, 3.05) is 0 Å². The Hall–Kier alpha value is -2.69. The molecule has 0 aliphatic rings. The molecule has 0 saturated carbocycles. The fourth-order valence-electron chi connectivity index (χ4n) is 1.97. The van der Waals surface area contributed by atoms with Gasteiger partial charge in [0, 0.05) is 6.07 Å². The highest BCUT2D eigenvalue weighted by molar-refractivity contribution is 5.99. The van der Waals surface area contributed by atoms with Gasteiger partial charge in [-0.25, -0.2) is 4.79 Å². The van der Waals surface area contributed by atoms with Gasteiger partial charge in [0.2, 0.25) is 0 Å². The van der Waals surface area contributed by atoms with Crippen LogP contribution in [0.4, 0.5) is 5.69 Å². The zero-order valence-electron chi connectivity index (χ0n) is 10.2. The highest BCUT2D eigenvalue weighted by Crippen LogP contribution is 2.33. The molecule has 0 saturated heterocycles. The summed E-state index contributed by atoms with van der Waals surface area (Å²) in [4.78, 5) is 21.7. The van der Waals surface area contributed by atoms with Crippen molar-refractivity contribution < 1.29 is 14.8 Å². The van der Waals surface area contributed by atoms with Crippen molar-refractivity contribution in [3.05, 3.63) is 63.7 Å². The Morgan fingerprint density at radius 1 is 1.21 bits per heavy atom. The molecule has 0 atom stereocenters. The van der Waals surface area contributed by atoms with E-state index in [2.05, 4.69) is 0 Å². The van der Waals surface area contributed by atoms with Gasteiger partial charge in [-0.15, -0.1) is 0 Å². The highest BCUT2D eigenvalue weighted by Gasteiger charge is 2.22. The summed E-state index contributed by atoms with van der Waals surface area (Å²) >= 11 is 0. The van der Waals surface area contributed by atoms with Crippen LogP contribution in [0.25, 0.3) is 11.1 Å². The fourth-order valence-corrected chi connectivity index (χ4v) is 1.97. The van der Waals surface area contributed by atoms with Crippen LogP contribution in [0.3, 0.4) is 0 Å². The van der Waals surface area contributed by atoms with Crippen molar-refractivity contribution in [3.8, 4) is 11.1 Å². The maximum Gasteiger partial charge on any atom is 0.336 e. The number of rotatable bonds is 3. The number of nitro groups is 1. The summed E-state index contributed by atoms with van der Waals surface area (Å²) in [5.74, 6) is -1.18. The maximum absolute atomic E-state index is 11.2. The molecule has 0 heterocycles. The van der Waals surface area contributed by atoms with Gasteiger partial charge in [-0.2, -0.15) is 0 Å². The van der Waals surface area contributed by atoms with Gasteiger partial charge in [-0.1, -0.05) is 35.9 Å².